The molecule has 2 rings (SSSR count). The summed E-state index contributed by atoms with van der Waals surface area (Å²) in [6.45, 7) is 0.687. The maximum Gasteiger partial charge on any atom is 0.112 e. The Labute approximate surface area is 114 Å². The summed E-state index contributed by atoms with van der Waals surface area (Å²) in [7, 11) is 1.96. The smallest absolute Gasteiger partial charge is 0.112 e. The average Bonchev–Trinajstić information content (AvgIpc) is 2.34. The largest absolute Gasteiger partial charge is 0.388 e. The van der Waals surface area contributed by atoms with Crippen LogP contribution >= 0.6 is 15.9 Å². The lowest BCUT2D eigenvalue weighted by Gasteiger charge is -2.19. The molecule has 0 aliphatic rings. The first-order valence-electron chi connectivity index (χ1n) is 5.52. The number of pyridine rings is 2. The zero-order chi connectivity index (χ0) is 13.1. The first-order valence-corrected chi connectivity index (χ1v) is 6.31. The SMILES string of the molecule is CN(CCC(=N)N)c1ccnc2cc(Br)cnc12. The van der Waals surface area contributed by atoms with Crippen molar-refractivity contribution in [3.63, 3.8) is 0 Å². The number of anilines is 1. The second-order valence-electron chi connectivity index (χ2n) is 4.05. The van der Waals surface area contributed by atoms with Crippen molar-refractivity contribution in [2.45, 2.75) is 6.42 Å². The Hall–Kier alpha value is -1.69. The minimum absolute atomic E-state index is 0.191. The van der Waals surface area contributed by atoms with Gasteiger partial charge in [0, 0.05) is 36.9 Å². The van der Waals surface area contributed by atoms with Gasteiger partial charge in [-0.3, -0.25) is 15.4 Å². The lowest BCUT2D eigenvalue weighted by atomic mass is 10.2. The van der Waals surface area contributed by atoms with E-state index in [4.69, 9.17) is 11.1 Å². The van der Waals surface area contributed by atoms with Gasteiger partial charge in [0.2, 0.25) is 0 Å². The van der Waals surface area contributed by atoms with E-state index in [0.29, 0.717) is 13.0 Å². The van der Waals surface area contributed by atoms with Crippen molar-refractivity contribution in [3.8, 4) is 0 Å². The molecule has 0 bridgehead atoms. The summed E-state index contributed by atoms with van der Waals surface area (Å²) in [6.07, 6.45) is 4.05. The van der Waals surface area contributed by atoms with Crippen LogP contribution in [0.5, 0.6) is 0 Å². The quantitative estimate of drug-likeness (QED) is 0.670. The molecule has 0 spiro atoms. The summed E-state index contributed by atoms with van der Waals surface area (Å²) in [5.74, 6) is 0.191. The van der Waals surface area contributed by atoms with Crippen molar-refractivity contribution >= 4 is 38.5 Å². The number of hydrogen-bond acceptors (Lipinski definition) is 4. The van der Waals surface area contributed by atoms with Gasteiger partial charge < -0.3 is 10.6 Å². The van der Waals surface area contributed by atoms with Gasteiger partial charge in [-0.1, -0.05) is 0 Å². The van der Waals surface area contributed by atoms with Crippen molar-refractivity contribution in [1.29, 1.82) is 5.41 Å². The van der Waals surface area contributed by atoms with Crippen molar-refractivity contribution < 1.29 is 0 Å². The van der Waals surface area contributed by atoms with Crippen LogP contribution in [-0.2, 0) is 0 Å². The first kappa shape index (κ1) is 12.8. The number of nitrogens with two attached hydrogens (primary N) is 1. The van der Waals surface area contributed by atoms with Crippen LogP contribution in [0.1, 0.15) is 6.42 Å². The second-order valence-corrected chi connectivity index (χ2v) is 4.96. The van der Waals surface area contributed by atoms with E-state index in [0.717, 1.165) is 21.2 Å². The molecule has 0 aliphatic heterocycles. The van der Waals surface area contributed by atoms with E-state index in [-0.39, 0.29) is 5.84 Å². The van der Waals surface area contributed by atoms with Crippen molar-refractivity contribution in [2.75, 3.05) is 18.5 Å². The fraction of sp³-hybridized carbons (Fsp3) is 0.250. The Balaban J connectivity index is 2.35. The maximum atomic E-state index is 7.26. The Morgan fingerprint density at radius 2 is 2.28 bits per heavy atom. The molecule has 0 unspecified atom stereocenters. The molecule has 0 saturated carbocycles. The zero-order valence-corrected chi connectivity index (χ0v) is 11.6. The molecule has 0 fully saturated rings. The van der Waals surface area contributed by atoms with E-state index in [1.165, 1.54) is 0 Å². The van der Waals surface area contributed by atoms with Crippen molar-refractivity contribution in [3.05, 3.63) is 29.0 Å². The zero-order valence-electron chi connectivity index (χ0n) is 10.0. The highest BCUT2D eigenvalue weighted by Gasteiger charge is 2.08. The third-order valence-corrected chi connectivity index (χ3v) is 3.08. The van der Waals surface area contributed by atoms with Crippen LogP contribution in [0.25, 0.3) is 11.0 Å². The predicted molar refractivity (Wildman–Crippen MR) is 77.0 cm³/mol. The van der Waals surface area contributed by atoms with E-state index >= 15 is 0 Å². The molecule has 0 radical (unpaired) electrons. The minimum atomic E-state index is 0.191. The molecule has 94 valence electrons. The second kappa shape index (κ2) is 5.30. The van der Waals surface area contributed by atoms with E-state index in [2.05, 4.69) is 25.9 Å². The number of halogens is 1. The maximum absolute atomic E-state index is 7.26. The Morgan fingerprint density at radius 3 is 3.00 bits per heavy atom. The highest BCUT2D eigenvalue weighted by atomic mass is 79.9. The van der Waals surface area contributed by atoms with Gasteiger partial charge in [0.15, 0.2) is 0 Å². The first-order chi connectivity index (χ1) is 8.58. The summed E-state index contributed by atoms with van der Waals surface area (Å²) < 4.78 is 0.908. The van der Waals surface area contributed by atoms with Crippen molar-refractivity contribution in [1.82, 2.24) is 9.97 Å². The normalized spacial score (nSPS) is 10.6. The number of nitrogens with zero attached hydrogens (tertiary/aromatic N) is 3. The molecule has 2 aromatic rings. The molecule has 0 atom stereocenters. The molecule has 0 amide bonds. The van der Waals surface area contributed by atoms with Crippen LogP contribution in [0.4, 0.5) is 5.69 Å². The molecule has 0 aliphatic carbocycles. The molecule has 2 aromatic heterocycles. The molecule has 18 heavy (non-hydrogen) atoms. The van der Waals surface area contributed by atoms with Gasteiger partial charge in [0.1, 0.15) is 5.52 Å². The standard InChI is InChI=1S/C12H14BrN5/c1-18(5-3-11(14)15)10-2-4-16-9-6-8(13)7-17-12(9)10/h2,4,6-7H,3,5H2,1H3,(H3,14,15). The summed E-state index contributed by atoms with van der Waals surface area (Å²) in [5, 5.41) is 7.26. The molecule has 5 nitrogen and oxygen atoms in total. The van der Waals surface area contributed by atoms with Crippen LogP contribution in [0, 0.1) is 5.41 Å². The number of fused-ring (bicyclic) bond motifs is 1. The van der Waals surface area contributed by atoms with Crippen LogP contribution in [-0.4, -0.2) is 29.4 Å². The molecular weight excluding hydrogens is 294 g/mol. The van der Waals surface area contributed by atoms with Gasteiger partial charge in [-0.05, 0) is 28.1 Å². The number of nitrogens with one attached hydrogen (secondary N) is 1. The van der Waals surface area contributed by atoms with E-state index in [1.807, 2.05) is 24.1 Å². The van der Waals surface area contributed by atoms with Crippen LogP contribution < -0.4 is 10.6 Å². The lowest BCUT2D eigenvalue weighted by Crippen LogP contribution is -2.24. The van der Waals surface area contributed by atoms with Gasteiger partial charge in [0.05, 0.1) is 17.0 Å². The van der Waals surface area contributed by atoms with Crippen molar-refractivity contribution in [2.24, 2.45) is 5.73 Å². The number of amidine groups is 1. The Morgan fingerprint density at radius 1 is 1.50 bits per heavy atom. The van der Waals surface area contributed by atoms with E-state index in [1.54, 1.807) is 12.4 Å². The third-order valence-electron chi connectivity index (χ3n) is 2.65. The molecule has 0 aromatic carbocycles. The molecule has 6 heteroatoms. The van der Waals surface area contributed by atoms with Gasteiger partial charge in [0.25, 0.3) is 0 Å². The molecule has 2 heterocycles. The van der Waals surface area contributed by atoms with Crippen LogP contribution in [0.2, 0.25) is 0 Å². The lowest BCUT2D eigenvalue weighted by molar-refractivity contribution is 0.912. The Kier molecular flexibility index (Phi) is 3.76. The highest BCUT2D eigenvalue weighted by molar-refractivity contribution is 9.10. The molecule has 3 N–H and O–H groups in total. The van der Waals surface area contributed by atoms with Crippen LogP contribution in [0.15, 0.2) is 29.0 Å². The Bertz CT molecular complexity index is 584. The van der Waals surface area contributed by atoms with Gasteiger partial charge in [-0.25, -0.2) is 0 Å². The third kappa shape index (κ3) is 2.76. The number of aromatic nitrogens is 2. The summed E-state index contributed by atoms with van der Waals surface area (Å²) >= 11 is 3.38. The summed E-state index contributed by atoms with van der Waals surface area (Å²) in [6, 6.07) is 3.86. The number of hydrogen-bond donors (Lipinski definition) is 2. The monoisotopic (exact) mass is 307 g/mol. The van der Waals surface area contributed by atoms with Gasteiger partial charge in [-0.15, -0.1) is 0 Å². The highest BCUT2D eigenvalue weighted by Crippen LogP contribution is 2.24. The number of rotatable bonds is 4. The minimum Gasteiger partial charge on any atom is -0.388 e. The van der Waals surface area contributed by atoms with E-state index < -0.39 is 0 Å². The molecule has 0 saturated heterocycles. The summed E-state index contributed by atoms with van der Waals surface area (Å²) in [5.41, 5.74) is 8.07. The van der Waals surface area contributed by atoms with E-state index in [9.17, 15) is 0 Å². The summed E-state index contributed by atoms with van der Waals surface area (Å²) in [4.78, 5) is 10.7. The fourth-order valence-electron chi connectivity index (χ4n) is 1.71. The van der Waals surface area contributed by atoms with Gasteiger partial charge in [-0.2, -0.15) is 0 Å². The fourth-order valence-corrected chi connectivity index (χ4v) is 2.03. The van der Waals surface area contributed by atoms with Gasteiger partial charge >= 0.3 is 0 Å². The topological polar surface area (TPSA) is 78.9 Å². The molecular formula is C12H14BrN5. The van der Waals surface area contributed by atoms with Crippen LogP contribution in [0.3, 0.4) is 0 Å². The average molecular weight is 308 g/mol. The predicted octanol–water partition coefficient (Wildman–Crippen LogP) is 2.15.